The molecule has 0 aromatic carbocycles. The van der Waals surface area contributed by atoms with Crippen molar-refractivity contribution in [2.45, 2.75) is 0 Å². The van der Waals surface area contributed by atoms with Crippen LogP contribution in [-0.4, -0.2) is 12.2 Å². The van der Waals surface area contributed by atoms with Gasteiger partial charge >= 0.3 is 0 Å². The smallest absolute Gasteiger partial charge is 0.264 e. The number of carbonyl (C=O) groups excluding carboxylic acids is 1. The first-order valence-electron chi connectivity index (χ1n) is 2.56. The molecule has 0 unspecified atom stereocenters. The van der Waals surface area contributed by atoms with E-state index in [4.69, 9.17) is 5.73 Å². The first-order valence-corrected chi connectivity index (χ1v) is 2.56. The zero-order valence-electron chi connectivity index (χ0n) is 5.50. The number of carbonyl (C=O) groups is 1. The van der Waals surface area contributed by atoms with Crippen LogP contribution in [0.5, 0.6) is 0 Å². The van der Waals surface area contributed by atoms with Crippen LogP contribution in [-0.2, 0) is 4.79 Å². The molecule has 0 aliphatic rings. The monoisotopic (exact) mass is 139 g/mol. The number of nitrogens with one attached hydrogen (secondary N) is 1. The minimum Gasteiger partial charge on any atom is -0.364 e. The summed E-state index contributed by atoms with van der Waals surface area (Å²) in [7, 11) is 0. The zero-order valence-corrected chi connectivity index (χ0v) is 5.50. The van der Waals surface area contributed by atoms with E-state index in [1.165, 1.54) is 12.5 Å². The second kappa shape index (κ2) is 4.31. The Bertz CT molecular complexity index is 183. The molecule has 0 bridgehead atoms. The third-order valence-electron chi connectivity index (χ3n) is 0.716. The number of amides is 1. The van der Waals surface area contributed by atoms with Gasteiger partial charge in [0.2, 0.25) is 0 Å². The van der Waals surface area contributed by atoms with E-state index in [2.05, 4.69) is 23.5 Å². The van der Waals surface area contributed by atoms with Crippen LogP contribution in [0.3, 0.4) is 0 Å². The summed E-state index contributed by atoms with van der Waals surface area (Å²) in [6.45, 7) is 6.63. The van der Waals surface area contributed by atoms with Crippen molar-refractivity contribution in [3.63, 3.8) is 0 Å². The molecule has 0 aliphatic heterocycles. The van der Waals surface area contributed by atoms with E-state index in [-0.39, 0.29) is 5.70 Å². The van der Waals surface area contributed by atoms with Crippen LogP contribution in [0.15, 0.2) is 30.0 Å². The molecule has 0 radical (unpaired) electrons. The van der Waals surface area contributed by atoms with Gasteiger partial charge in [0.05, 0.1) is 12.0 Å². The first-order chi connectivity index (χ1) is 4.68. The van der Waals surface area contributed by atoms with Gasteiger partial charge in [-0.3, -0.25) is 4.79 Å². The molecule has 0 atom stereocenters. The molecular formula is C6H9N3O. The number of primary amides is 1. The minimum atomic E-state index is -0.601. The molecule has 4 heteroatoms. The molecule has 0 rings (SSSR count). The van der Waals surface area contributed by atoms with Gasteiger partial charge in [0, 0.05) is 6.20 Å². The van der Waals surface area contributed by atoms with Crippen LogP contribution in [0, 0.1) is 0 Å². The third kappa shape index (κ3) is 3.43. The number of hydrogen-bond acceptors (Lipinski definition) is 2. The SMILES string of the molecule is C=CN=CNC(=C)C(N)=O. The molecule has 0 aliphatic carbocycles. The highest BCUT2D eigenvalue weighted by atomic mass is 16.1. The molecule has 0 heterocycles. The maximum atomic E-state index is 10.3. The second-order valence-electron chi connectivity index (χ2n) is 1.45. The lowest BCUT2D eigenvalue weighted by Gasteiger charge is -1.95. The van der Waals surface area contributed by atoms with Gasteiger partial charge in [-0.25, -0.2) is 4.99 Å². The lowest BCUT2D eigenvalue weighted by Crippen LogP contribution is -2.23. The lowest BCUT2D eigenvalue weighted by atomic mass is 10.5. The van der Waals surface area contributed by atoms with Gasteiger partial charge < -0.3 is 11.1 Å². The Balaban J connectivity index is 3.70. The van der Waals surface area contributed by atoms with Crippen molar-refractivity contribution in [3.05, 3.63) is 25.1 Å². The summed E-state index contributed by atoms with van der Waals surface area (Å²) in [5.74, 6) is -0.601. The fourth-order valence-corrected chi connectivity index (χ4v) is 0.239. The highest BCUT2D eigenvalue weighted by Gasteiger charge is 1.95. The van der Waals surface area contributed by atoms with Crippen LogP contribution >= 0.6 is 0 Å². The first kappa shape index (κ1) is 8.42. The molecule has 4 nitrogen and oxygen atoms in total. The van der Waals surface area contributed by atoms with Crippen molar-refractivity contribution in [1.82, 2.24) is 5.32 Å². The fraction of sp³-hybridized carbons (Fsp3) is 0. The molecule has 0 aromatic heterocycles. The van der Waals surface area contributed by atoms with Gasteiger partial charge in [-0.05, 0) is 0 Å². The molecule has 0 aromatic rings. The third-order valence-corrected chi connectivity index (χ3v) is 0.716. The average Bonchev–Trinajstić information content (AvgIpc) is 1.88. The number of hydrogen-bond donors (Lipinski definition) is 2. The summed E-state index contributed by atoms with van der Waals surface area (Å²) in [5.41, 5.74) is 4.93. The van der Waals surface area contributed by atoms with Gasteiger partial charge in [0.15, 0.2) is 0 Å². The van der Waals surface area contributed by atoms with Crippen LogP contribution in [0.1, 0.15) is 0 Å². The molecule has 0 saturated carbocycles. The van der Waals surface area contributed by atoms with Gasteiger partial charge in [-0.15, -0.1) is 0 Å². The Labute approximate surface area is 59.1 Å². The number of rotatable bonds is 4. The van der Waals surface area contributed by atoms with E-state index in [9.17, 15) is 4.79 Å². The Kier molecular flexibility index (Phi) is 3.63. The van der Waals surface area contributed by atoms with E-state index in [0.717, 1.165) is 0 Å². The molecule has 54 valence electrons. The Morgan fingerprint density at radius 2 is 2.30 bits per heavy atom. The molecule has 0 saturated heterocycles. The molecular weight excluding hydrogens is 130 g/mol. The molecule has 0 spiro atoms. The van der Waals surface area contributed by atoms with Crippen molar-refractivity contribution in [1.29, 1.82) is 0 Å². The minimum absolute atomic E-state index is 0.102. The fourth-order valence-electron chi connectivity index (χ4n) is 0.239. The van der Waals surface area contributed by atoms with E-state index >= 15 is 0 Å². The van der Waals surface area contributed by atoms with Crippen molar-refractivity contribution in [3.8, 4) is 0 Å². The van der Waals surface area contributed by atoms with Crippen LogP contribution < -0.4 is 11.1 Å². The van der Waals surface area contributed by atoms with E-state index in [1.54, 1.807) is 0 Å². The largest absolute Gasteiger partial charge is 0.364 e. The summed E-state index contributed by atoms with van der Waals surface area (Å²) in [5, 5.41) is 2.45. The van der Waals surface area contributed by atoms with Crippen molar-refractivity contribution < 1.29 is 4.79 Å². The van der Waals surface area contributed by atoms with Crippen molar-refractivity contribution in [2.24, 2.45) is 10.7 Å². The van der Waals surface area contributed by atoms with Gasteiger partial charge in [0.1, 0.15) is 0 Å². The molecule has 10 heavy (non-hydrogen) atoms. The predicted octanol–water partition coefficient (Wildman–Crippen LogP) is -0.253. The zero-order chi connectivity index (χ0) is 7.98. The summed E-state index contributed by atoms with van der Waals surface area (Å²) < 4.78 is 0. The second-order valence-corrected chi connectivity index (χ2v) is 1.45. The Morgan fingerprint density at radius 3 is 2.70 bits per heavy atom. The van der Waals surface area contributed by atoms with Crippen LogP contribution in [0.25, 0.3) is 0 Å². The highest BCUT2D eigenvalue weighted by molar-refractivity contribution is 5.93. The number of nitrogens with two attached hydrogens (primary N) is 1. The van der Waals surface area contributed by atoms with Gasteiger partial charge in [0.25, 0.3) is 5.91 Å². The maximum absolute atomic E-state index is 10.3. The average molecular weight is 139 g/mol. The number of aliphatic imine (C=N–C) groups is 1. The van der Waals surface area contributed by atoms with Gasteiger partial charge in [-0.1, -0.05) is 13.2 Å². The maximum Gasteiger partial charge on any atom is 0.264 e. The molecule has 3 N–H and O–H groups in total. The van der Waals surface area contributed by atoms with E-state index < -0.39 is 5.91 Å². The summed E-state index contributed by atoms with van der Waals surface area (Å²) in [4.78, 5) is 13.8. The van der Waals surface area contributed by atoms with E-state index in [0.29, 0.717) is 0 Å². The predicted molar refractivity (Wildman–Crippen MR) is 40.2 cm³/mol. The quantitative estimate of drug-likeness (QED) is 0.320. The molecule has 1 amide bonds. The topological polar surface area (TPSA) is 67.5 Å². The summed E-state index contributed by atoms with van der Waals surface area (Å²) in [6, 6.07) is 0. The normalized spacial score (nSPS) is 9.20. The van der Waals surface area contributed by atoms with Gasteiger partial charge in [-0.2, -0.15) is 0 Å². The number of nitrogens with zero attached hydrogens (tertiary/aromatic N) is 1. The van der Waals surface area contributed by atoms with Crippen LogP contribution in [0.4, 0.5) is 0 Å². The standard InChI is InChI=1S/C6H9N3O/c1-3-8-4-9-5(2)6(7)10/h3-4H,1-2H2,(H2,7,10)(H,8,9). The lowest BCUT2D eigenvalue weighted by molar-refractivity contribution is -0.114. The summed E-state index contributed by atoms with van der Waals surface area (Å²) in [6.07, 6.45) is 2.60. The Hall–Kier alpha value is -1.58. The summed E-state index contributed by atoms with van der Waals surface area (Å²) >= 11 is 0. The molecule has 0 fully saturated rings. The van der Waals surface area contributed by atoms with Crippen molar-refractivity contribution >= 4 is 12.2 Å². The van der Waals surface area contributed by atoms with Crippen LogP contribution in [0.2, 0.25) is 0 Å². The Morgan fingerprint density at radius 1 is 1.70 bits per heavy atom. The van der Waals surface area contributed by atoms with Crippen molar-refractivity contribution in [2.75, 3.05) is 0 Å². The highest BCUT2D eigenvalue weighted by Crippen LogP contribution is 1.76. The van der Waals surface area contributed by atoms with E-state index in [1.807, 2.05) is 0 Å².